The number of phenols is 1. The lowest BCUT2D eigenvalue weighted by Crippen LogP contribution is -2.31. The van der Waals surface area contributed by atoms with E-state index in [0.29, 0.717) is 14.9 Å². The molecule has 0 saturated carbocycles. The molecule has 2 aromatic carbocycles. The van der Waals surface area contributed by atoms with Crippen LogP contribution in [0, 0.1) is 0 Å². The molecule has 5 nitrogen and oxygen atoms in total. The minimum atomic E-state index is -0.259. The Bertz CT molecular complexity index is 947. The van der Waals surface area contributed by atoms with Crippen molar-refractivity contribution >= 4 is 67.8 Å². The van der Waals surface area contributed by atoms with E-state index in [0.717, 1.165) is 10.0 Å². The first-order valence-electron chi connectivity index (χ1n) is 9.02. The molecular weight excluding hydrogens is 472 g/mol. The Labute approximate surface area is 188 Å². The Morgan fingerprint density at radius 2 is 1.97 bits per heavy atom. The summed E-state index contributed by atoms with van der Waals surface area (Å²) in [5.74, 6) is -0.386. The third kappa shape index (κ3) is 6.69. The maximum Gasteiger partial charge on any atom is 0.266 e. The largest absolute Gasteiger partial charge is 0.508 e. The topological polar surface area (TPSA) is 69.6 Å². The molecule has 0 aliphatic carbocycles. The number of phenolic OH excluding ortho intramolecular Hbond substituents is 1. The highest BCUT2D eigenvalue weighted by Crippen LogP contribution is 2.33. The minimum absolute atomic E-state index is 0.0717. The molecule has 0 unspecified atom stereocenters. The van der Waals surface area contributed by atoms with Crippen molar-refractivity contribution in [2.75, 3.05) is 11.9 Å². The first-order chi connectivity index (χ1) is 13.9. The standard InChI is InChI=1S/C19H15BrN2O3S2.C2H6/c20-13-4-1-3-12(9-13)10-16-18(25)22(19(26)27-16)8-7-17(24)21-14-5-2-6-15(23)11-14;1-2/h1-6,9-11,23H,7-8H2,(H,21,24);1-2H3/b16-10-;. The van der Waals surface area contributed by atoms with Gasteiger partial charge in [0.15, 0.2) is 0 Å². The second kappa shape index (κ2) is 11.1. The molecule has 1 aliphatic heterocycles. The van der Waals surface area contributed by atoms with Crippen LogP contribution < -0.4 is 5.32 Å². The van der Waals surface area contributed by atoms with E-state index >= 15 is 0 Å². The zero-order valence-corrected chi connectivity index (χ0v) is 19.2. The summed E-state index contributed by atoms with van der Waals surface area (Å²) >= 11 is 9.92. The zero-order chi connectivity index (χ0) is 21.4. The summed E-state index contributed by atoms with van der Waals surface area (Å²) < 4.78 is 1.36. The van der Waals surface area contributed by atoms with Gasteiger partial charge >= 0.3 is 0 Å². The highest BCUT2D eigenvalue weighted by molar-refractivity contribution is 9.10. The number of carbonyl (C=O) groups is 2. The first-order valence-corrected chi connectivity index (χ1v) is 11.0. The molecule has 1 heterocycles. The molecular formula is C21H21BrN2O3S2. The van der Waals surface area contributed by atoms with Gasteiger partial charge in [0.1, 0.15) is 10.1 Å². The van der Waals surface area contributed by atoms with Crippen LogP contribution in [0.5, 0.6) is 5.75 Å². The lowest BCUT2D eigenvalue weighted by atomic mass is 10.2. The Balaban J connectivity index is 0.00000145. The monoisotopic (exact) mass is 492 g/mol. The molecule has 0 atom stereocenters. The lowest BCUT2D eigenvalue weighted by molar-refractivity contribution is -0.122. The number of hydrogen-bond acceptors (Lipinski definition) is 5. The summed E-state index contributed by atoms with van der Waals surface area (Å²) in [5, 5.41) is 12.1. The smallest absolute Gasteiger partial charge is 0.266 e. The SMILES string of the molecule is CC.O=C(CCN1C(=O)/C(=C/c2cccc(Br)c2)SC1=S)Nc1cccc(O)c1. The average Bonchev–Trinajstić information content (AvgIpc) is 2.95. The Morgan fingerprint density at radius 3 is 2.66 bits per heavy atom. The van der Waals surface area contributed by atoms with Crippen LogP contribution >= 0.6 is 39.9 Å². The van der Waals surface area contributed by atoms with Gasteiger partial charge in [-0.25, -0.2) is 0 Å². The quantitative estimate of drug-likeness (QED) is 0.431. The summed E-state index contributed by atoms with van der Waals surface area (Å²) in [7, 11) is 0. The van der Waals surface area contributed by atoms with Crippen molar-refractivity contribution in [1.29, 1.82) is 0 Å². The Kier molecular flexibility index (Phi) is 8.88. The van der Waals surface area contributed by atoms with E-state index in [-0.39, 0.29) is 30.5 Å². The van der Waals surface area contributed by atoms with E-state index in [4.69, 9.17) is 12.2 Å². The highest BCUT2D eigenvalue weighted by Gasteiger charge is 2.32. The molecule has 0 radical (unpaired) electrons. The fourth-order valence-electron chi connectivity index (χ4n) is 2.46. The maximum absolute atomic E-state index is 12.6. The van der Waals surface area contributed by atoms with Gasteiger partial charge in [-0.3, -0.25) is 14.5 Å². The summed E-state index contributed by atoms with van der Waals surface area (Å²) in [4.78, 5) is 26.7. The number of anilines is 1. The third-order valence-corrected chi connectivity index (χ3v) is 5.58. The Morgan fingerprint density at radius 1 is 1.24 bits per heavy atom. The predicted octanol–water partition coefficient (Wildman–Crippen LogP) is 5.41. The van der Waals surface area contributed by atoms with Gasteiger partial charge in [-0.1, -0.05) is 72.0 Å². The van der Waals surface area contributed by atoms with Crippen molar-refractivity contribution in [3.8, 4) is 5.75 Å². The molecule has 1 aliphatic rings. The maximum atomic E-state index is 12.6. The molecule has 0 bridgehead atoms. The number of rotatable bonds is 5. The number of halogens is 1. The minimum Gasteiger partial charge on any atom is -0.508 e. The molecule has 2 N–H and O–H groups in total. The van der Waals surface area contributed by atoms with Gasteiger partial charge in [-0.05, 0) is 35.9 Å². The number of thiocarbonyl (C=S) groups is 1. The van der Waals surface area contributed by atoms with Crippen LogP contribution in [0.4, 0.5) is 5.69 Å². The lowest BCUT2D eigenvalue weighted by Gasteiger charge is -2.14. The molecule has 1 fully saturated rings. The van der Waals surface area contributed by atoms with Gasteiger partial charge < -0.3 is 10.4 Å². The van der Waals surface area contributed by atoms with Crippen LogP contribution in [0.3, 0.4) is 0 Å². The van der Waals surface area contributed by atoms with Crippen LogP contribution in [0.2, 0.25) is 0 Å². The van der Waals surface area contributed by atoms with Crippen molar-refractivity contribution in [3.05, 3.63) is 63.5 Å². The van der Waals surface area contributed by atoms with Crippen molar-refractivity contribution in [1.82, 2.24) is 4.90 Å². The van der Waals surface area contributed by atoms with Gasteiger partial charge in [-0.15, -0.1) is 0 Å². The molecule has 1 saturated heterocycles. The van der Waals surface area contributed by atoms with E-state index in [9.17, 15) is 14.7 Å². The number of hydrogen-bond donors (Lipinski definition) is 2. The van der Waals surface area contributed by atoms with Gasteiger partial charge in [0.05, 0.1) is 4.91 Å². The number of thioether (sulfide) groups is 1. The summed E-state index contributed by atoms with van der Waals surface area (Å²) in [6.45, 7) is 4.20. The number of aromatic hydroxyl groups is 1. The normalized spacial score (nSPS) is 14.6. The zero-order valence-electron chi connectivity index (χ0n) is 16.0. The molecule has 0 spiro atoms. The van der Waals surface area contributed by atoms with Crippen molar-refractivity contribution < 1.29 is 14.7 Å². The molecule has 0 aromatic heterocycles. The van der Waals surface area contributed by atoms with Crippen LogP contribution in [0.1, 0.15) is 25.8 Å². The molecule has 152 valence electrons. The number of amides is 2. The highest BCUT2D eigenvalue weighted by atomic mass is 79.9. The second-order valence-electron chi connectivity index (χ2n) is 5.74. The fraction of sp³-hybridized carbons (Fsp3) is 0.190. The van der Waals surface area contributed by atoms with Crippen molar-refractivity contribution in [2.24, 2.45) is 0 Å². The number of benzene rings is 2. The number of carbonyl (C=O) groups excluding carboxylic acids is 2. The number of nitrogens with one attached hydrogen (secondary N) is 1. The molecule has 29 heavy (non-hydrogen) atoms. The molecule has 2 aromatic rings. The summed E-state index contributed by atoms with van der Waals surface area (Å²) in [6, 6.07) is 13.9. The second-order valence-corrected chi connectivity index (χ2v) is 8.33. The van der Waals surface area contributed by atoms with Gasteiger partial charge in [0, 0.05) is 29.2 Å². The van der Waals surface area contributed by atoms with E-state index in [2.05, 4.69) is 21.2 Å². The summed E-state index contributed by atoms with van der Waals surface area (Å²) in [5.41, 5.74) is 1.39. The van der Waals surface area contributed by atoms with Crippen molar-refractivity contribution in [2.45, 2.75) is 20.3 Å². The molecule has 3 rings (SSSR count). The van der Waals surface area contributed by atoms with Gasteiger partial charge in [0.2, 0.25) is 5.91 Å². The van der Waals surface area contributed by atoms with Crippen LogP contribution in [-0.2, 0) is 9.59 Å². The van der Waals surface area contributed by atoms with Crippen molar-refractivity contribution in [3.63, 3.8) is 0 Å². The Hall–Kier alpha value is -2.16. The van der Waals surface area contributed by atoms with Gasteiger partial charge in [0.25, 0.3) is 5.91 Å². The van der Waals surface area contributed by atoms with E-state index in [1.807, 2.05) is 38.1 Å². The molecule has 2 amide bonds. The van der Waals surface area contributed by atoms with Crippen LogP contribution in [0.25, 0.3) is 6.08 Å². The van der Waals surface area contributed by atoms with Crippen LogP contribution in [-0.4, -0.2) is 32.7 Å². The van der Waals surface area contributed by atoms with E-state index in [1.165, 1.54) is 28.8 Å². The van der Waals surface area contributed by atoms with E-state index < -0.39 is 0 Å². The molecule has 8 heteroatoms. The third-order valence-electron chi connectivity index (χ3n) is 3.71. The predicted molar refractivity (Wildman–Crippen MR) is 127 cm³/mol. The average molecular weight is 493 g/mol. The van der Waals surface area contributed by atoms with E-state index in [1.54, 1.807) is 18.2 Å². The number of nitrogens with zero attached hydrogens (tertiary/aromatic N) is 1. The fourth-order valence-corrected chi connectivity index (χ4v) is 4.19. The first kappa shape index (κ1) is 23.1. The van der Waals surface area contributed by atoms with Crippen LogP contribution in [0.15, 0.2) is 57.9 Å². The summed E-state index contributed by atoms with van der Waals surface area (Å²) in [6.07, 6.45) is 1.89. The van der Waals surface area contributed by atoms with Gasteiger partial charge in [-0.2, -0.15) is 0 Å².